The highest BCUT2D eigenvalue weighted by atomic mass is 35.5. The predicted molar refractivity (Wildman–Crippen MR) is 107 cm³/mol. The Hall–Kier alpha value is -3.45. The topological polar surface area (TPSA) is 94.6 Å². The van der Waals surface area contributed by atoms with Crippen LogP contribution in [-0.2, 0) is 20.8 Å². The summed E-state index contributed by atoms with van der Waals surface area (Å²) < 4.78 is 9.74. The summed E-state index contributed by atoms with van der Waals surface area (Å²) in [5.74, 6) is -1.56. The largest absolute Gasteiger partial charge is 0.465 e. The number of carbonyl (C=O) groups excluding carboxylic acids is 3. The van der Waals surface area contributed by atoms with Gasteiger partial charge in [0.05, 0.1) is 23.8 Å². The van der Waals surface area contributed by atoms with Gasteiger partial charge in [-0.05, 0) is 29.8 Å². The minimum atomic E-state index is -0.664. The van der Waals surface area contributed by atoms with Gasteiger partial charge in [0.2, 0.25) is 0 Å². The number of para-hydroxylation sites is 1. The Bertz CT molecular complexity index is 1070. The first-order valence-electron chi connectivity index (χ1n) is 8.64. The SMILES string of the molecule is COC(=O)c1ccc(CNC(=O)COC(=O)c2cc(Cl)nc3ccccc23)cc1. The van der Waals surface area contributed by atoms with Crippen molar-refractivity contribution in [2.24, 2.45) is 0 Å². The molecule has 0 fully saturated rings. The van der Waals surface area contributed by atoms with Gasteiger partial charge in [-0.2, -0.15) is 0 Å². The number of esters is 2. The molecule has 3 rings (SSSR count). The summed E-state index contributed by atoms with van der Waals surface area (Å²) >= 11 is 5.96. The van der Waals surface area contributed by atoms with E-state index in [9.17, 15) is 14.4 Å². The molecule has 1 aromatic heterocycles. The zero-order valence-corrected chi connectivity index (χ0v) is 16.2. The van der Waals surface area contributed by atoms with Crippen LogP contribution in [0.3, 0.4) is 0 Å². The van der Waals surface area contributed by atoms with E-state index in [1.54, 1.807) is 48.5 Å². The van der Waals surface area contributed by atoms with Crippen LogP contribution in [-0.4, -0.2) is 36.5 Å². The maximum Gasteiger partial charge on any atom is 0.339 e. The van der Waals surface area contributed by atoms with E-state index < -0.39 is 24.5 Å². The van der Waals surface area contributed by atoms with Crippen LogP contribution in [0.1, 0.15) is 26.3 Å². The van der Waals surface area contributed by atoms with Crippen LogP contribution < -0.4 is 5.32 Å². The number of rotatable bonds is 6. The Kier molecular flexibility index (Phi) is 6.41. The first-order chi connectivity index (χ1) is 14.0. The molecule has 1 amide bonds. The summed E-state index contributed by atoms with van der Waals surface area (Å²) in [5, 5.41) is 3.40. The highest BCUT2D eigenvalue weighted by Crippen LogP contribution is 2.21. The lowest BCUT2D eigenvalue weighted by molar-refractivity contribution is -0.124. The maximum atomic E-state index is 12.4. The Balaban J connectivity index is 1.56. The fourth-order valence-electron chi connectivity index (χ4n) is 2.65. The molecule has 29 heavy (non-hydrogen) atoms. The van der Waals surface area contributed by atoms with Crippen LogP contribution in [0.15, 0.2) is 54.6 Å². The van der Waals surface area contributed by atoms with Crippen LogP contribution >= 0.6 is 11.6 Å². The lowest BCUT2D eigenvalue weighted by Gasteiger charge is -2.09. The van der Waals surface area contributed by atoms with Crippen molar-refractivity contribution < 1.29 is 23.9 Å². The van der Waals surface area contributed by atoms with Crippen LogP contribution in [0.2, 0.25) is 5.15 Å². The molecule has 0 saturated carbocycles. The molecule has 0 spiro atoms. The quantitative estimate of drug-likeness (QED) is 0.493. The van der Waals surface area contributed by atoms with Gasteiger partial charge in [0, 0.05) is 11.9 Å². The van der Waals surface area contributed by atoms with E-state index in [0.717, 1.165) is 5.56 Å². The minimum Gasteiger partial charge on any atom is -0.465 e. The summed E-state index contributed by atoms with van der Waals surface area (Å²) in [4.78, 5) is 39.9. The molecule has 8 heteroatoms. The molecule has 0 aliphatic carbocycles. The second kappa shape index (κ2) is 9.16. The first kappa shape index (κ1) is 20.3. The minimum absolute atomic E-state index is 0.163. The second-order valence-electron chi connectivity index (χ2n) is 6.05. The predicted octanol–water partition coefficient (Wildman–Crippen LogP) is 3.15. The number of aromatic nitrogens is 1. The Labute approximate surface area is 171 Å². The Morgan fingerprint density at radius 2 is 1.76 bits per heavy atom. The Morgan fingerprint density at radius 3 is 2.48 bits per heavy atom. The number of hydrogen-bond acceptors (Lipinski definition) is 6. The van der Waals surface area contributed by atoms with Crippen LogP contribution in [0.4, 0.5) is 0 Å². The van der Waals surface area contributed by atoms with E-state index in [2.05, 4.69) is 15.0 Å². The van der Waals surface area contributed by atoms with E-state index in [4.69, 9.17) is 16.3 Å². The van der Waals surface area contributed by atoms with Crippen molar-refractivity contribution in [2.75, 3.05) is 13.7 Å². The van der Waals surface area contributed by atoms with Gasteiger partial charge in [0.1, 0.15) is 5.15 Å². The zero-order valence-electron chi connectivity index (χ0n) is 15.5. The maximum absolute atomic E-state index is 12.4. The molecule has 1 heterocycles. The van der Waals surface area contributed by atoms with Crippen LogP contribution in [0, 0.1) is 0 Å². The summed E-state index contributed by atoms with van der Waals surface area (Å²) in [5.41, 5.74) is 2.00. The molecule has 0 bridgehead atoms. The molecule has 0 saturated heterocycles. The molecule has 2 aromatic carbocycles. The summed E-state index contributed by atoms with van der Waals surface area (Å²) in [6, 6.07) is 15.0. The van der Waals surface area contributed by atoms with Crippen molar-refractivity contribution in [2.45, 2.75) is 6.54 Å². The number of pyridine rings is 1. The van der Waals surface area contributed by atoms with Crippen molar-refractivity contribution in [1.29, 1.82) is 0 Å². The lowest BCUT2D eigenvalue weighted by atomic mass is 10.1. The van der Waals surface area contributed by atoms with Crippen molar-refractivity contribution in [3.63, 3.8) is 0 Å². The Morgan fingerprint density at radius 1 is 1.03 bits per heavy atom. The normalized spacial score (nSPS) is 10.4. The van der Waals surface area contributed by atoms with E-state index >= 15 is 0 Å². The highest BCUT2D eigenvalue weighted by molar-refractivity contribution is 6.30. The summed E-state index contributed by atoms with van der Waals surface area (Å²) in [6.07, 6.45) is 0. The standard InChI is InChI=1S/C21H17ClN2O5/c1-28-20(26)14-8-6-13(7-9-14)11-23-19(25)12-29-21(27)16-10-18(22)24-17-5-3-2-4-15(16)17/h2-10H,11-12H2,1H3,(H,23,25). The fourth-order valence-corrected chi connectivity index (χ4v) is 2.85. The number of amides is 1. The van der Waals surface area contributed by atoms with Crippen LogP contribution in [0.25, 0.3) is 10.9 Å². The monoisotopic (exact) mass is 412 g/mol. The van der Waals surface area contributed by atoms with E-state index in [0.29, 0.717) is 16.5 Å². The molecule has 7 nitrogen and oxygen atoms in total. The van der Waals surface area contributed by atoms with Gasteiger partial charge in [-0.1, -0.05) is 41.9 Å². The number of fused-ring (bicyclic) bond motifs is 1. The summed E-state index contributed by atoms with van der Waals surface area (Å²) in [6.45, 7) is -0.213. The number of carbonyl (C=O) groups is 3. The molecule has 1 N–H and O–H groups in total. The lowest BCUT2D eigenvalue weighted by Crippen LogP contribution is -2.28. The van der Waals surface area contributed by atoms with Gasteiger partial charge in [-0.3, -0.25) is 4.79 Å². The van der Waals surface area contributed by atoms with Crippen molar-refractivity contribution >= 4 is 40.3 Å². The average Bonchev–Trinajstić information content (AvgIpc) is 2.75. The van der Waals surface area contributed by atoms with E-state index in [1.165, 1.54) is 13.2 Å². The molecule has 0 aliphatic rings. The van der Waals surface area contributed by atoms with Crippen molar-refractivity contribution in [3.05, 3.63) is 76.4 Å². The molecular weight excluding hydrogens is 396 g/mol. The molecule has 0 aliphatic heterocycles. The van der Waals surface area contributed by atoms with E-state index in [1.807, 2.05) is 0 Å². The number of ether oxygens (including phenoxy) is 2. The molecular formula is C21H17ClN2O5. The molecule has 3 aromatic rings. The second-order valence-corrected chi connectivity index (χ2v) is 6.44. The smallest absolute Gasteiger partial charge is 0.339 e. The first-order valence-corrected chi connectivity index (χ1v) is 9.02. The van der Waals surface area contributed by atoms with Crippen molar-refractivity contribution in [1.82, 2.24) is 10.3 Å². The van der Waals surface area contributed by atoms with Gasteiger partial charge in [-0.15, -0.1) is 0 Å². The zero-order chi connectivity index (χ0) is 20.8. The van der Waals surface area contributed by atoms with Crippen molar-refractivity contribution in [3.8, 4) is 0 Å². The van der Waals surface area contributed by atoms with E-state index in [-0.39, 0.29) is 17.3 Å². The number of methoxy groups -OCH3 is 1. The number of hydrogen-bond donors (Lipinski definition) is 1. The fraction of sp³-hybridized carbons (Fsp3) is 0.143. The number of benzene rings is 2. The summed E-state index contributed by atoms with van der Waals surface area (Å²) in [7, 11) is 1.31. The third-order valence-corrected chi connectivity index (χ3v) is 4.30. The molecule has 148 valence electrons. The number of halogens is 1. The number of nitrogens with zero attached hydrogens (tertiary/aromatic N) is 1. The van der Waals surface area contributed by atoms with Gasteiger partial charge in [0.25, 0.3) is 5.91 Å². The molecule has 0 atom stereocenters. The highest BCUT2D eigenvalue weighted by Gasteiger charge is 2.15. The van der Waals surface area contributed by atoms with Crippen LogP contribution in [0.5, 0.6) is 0 Å². The van der Waals surface area contributed by atoms with Gasteiger partial charge in [0.15, 0.2) is 6.61 Å². The molecule has 0 unspecified atom stereocenters. The third kappa shape index (κ3) is 5.08. The average molecular weight is 413 g/mol. The molecule has 0 radical (unpaired) electrons. The van der Waals surface area contributed by atoms with Gasteiger partial charge in [-0.25, -0.2) is 14.6 Å². The van der Waals surface area contributed by atoms with Gasteiger partial charge >= 0.3 is 11.9 Å². The number of nitrogens with one attached hydrogen (secondary N) is 1. The third-order valence-electron chi connectivity index (χ3n) is 4.10. The van der Waals surface area contributed by atoms with Gasteiger partial charge < -0.3 is 14.8 Å².